The quantitative estimate of drug-likeness (QED) is 0.215. The van der Waals surface area contributed by atoms with Crippen LogP contribution < -0.4 is 16.0 Å². The highest BCUT2D eigenvalue weighted by molar-refractivity contribution is 14.0. The van der Waals surface area contributed by atoms with Gasteiger partial charge >= 0.3 is 0 Å². The second kappa shape index (κ2) is 14.9. The number of pyridine rings is 1. The number of hydrogen-bond donors (Lipinski definition) is 3. The average molecular weight is 463 g/mol. The van der Waals surface area contributed by atoms with Crippen LogP contribution >= 0.6 is 24.0 Å². The van der Waals surface area contributed by atoms with Crippen LogP contribution in [0.25, 0.3) is 0 Å². The topological polar surface area (TPSA) is 87.6 Å². The summed E-state index contributed by atoms with van der Waals surface area (Å²) in [7, 11) is 1.71. The summed E-state index contributed by atoms with van der Waals surface area (Å²) in [5.74, 6) is 1.21. The smallest absolute Gasteiger partial charge is 0.227 e. The first-order valence-corrected chi connectivity index (χ1v) is 8.41. The maximum absolute atomic E-state index is 11.9. The normalized spacial score (nSPS) is 10.8. The second-order valence-corrected chi connectivity index (χ2v) is 5.29. The molecule has 1 amide bonds. The van der Waals surface area contributed by atoms with Gasteiger partial charge in [-0.3, -0.25) is 9.79 Å². The number of guanidine groups is 1. The molecule has 0 radical (unpaired) electrons. The van der Waals surface area contributed by atoms with E-state index in [9.17, 15) is 4.79 Å². The van der Waals surface area contributed by atoms with Crippen molar-refractivity contribution in [3.8, 4) is 0 Å². The summed E-state index contributed by atoms with van der Waals surface area (Å²) in [5.41, 5.74) is 0.875. The Morgan fingerprint density at radius 1 is 1.24 bits per heavy atom. The number of carbonyl (C=O) groups excluding carboxylic acids is 1. The molecule has 1 aromatic rings. The van der Waals surface area contributed by atoms with E-state index < -0.39 is 0 Å². The summed E-state index contributed by atoms with van der Waals surface area (Å²) in [6.07, 6.45) is 2.38. The van der Waals surface area contributed by atoms with E-state index in [1.165, 1.54) is 0 Å². The Morgan fingerprint density at radius 3 is 2.68 bits per heavy atom. The summed E-state index contributed by atoms with van der Waals surface area (Å²) in [4.78, 5) is 20.3. The Bertz CT molecular complexity index is 526. The van der Waals surface area contributed by atoms with Gasteiger partial charge in [-0.05, 0) is 38.8 Å². The minimum absolute atomic E-state index is 0. The summed E-state index contributed by atoms with van der Waals surface area (Å²) < 4.78 is 5.29. The van der Waals surface area contributed by atoms with Gasteiger partial charge in [-0.1, -0.05) is 6.07 Å². The molecule has 0 bridgehead atoms. The van der Waals surface area contributed by atoms with Crippen LogP contribution in [0.5, 0.6) is 0 Å². The van der Waals surface area contributed by atoms with E-state index in [0.717, 1.165) is 38.3 Å². The zero-order chi connectivity index (χ0) is 17.6. The number of nitrogens with one attached hydrogen (secondary N) is 3. The lowest BCUT2D eigenvalue weighted by Gasteiger charge is -2.12. The van der Waals surface area contributed by atoms with Crippen LogP contribution in [0, 0.1) is 6.92 Å². The molecule has 7 nitrogen and oxygen atoms in total. The van der Waals surface area contributed by atoms with Crippen LogP contribution in [-0.4, -0.2) is 50.2 Å². The van der Waals surface area contributed by atoms with Gasteiger partial charge in [0, 0.05) is 45.5 Å². The number of nitrogens with zero attached hydrogens (tertiary/aromatic N) is 2. The van der Waals surface area contributed by atoms with E-state index in [1.54, 1.807) is 13.1 Å². The molecular formula is C17H30IN5O2. The third kappa shape index (κ3) is 11.7. The predicted octanol–water partition coefficient (Wildman–Crippen LogP) is 2.32. The van der Waals surface area contributed by atoms with Crippen LogP contribution in [0.15, 0.2) is 23.2 Å². The molecule has 0 saturated heterocycles. The van der Waals surface area contributed by atoms with Crippen LogP contribution in [0.1, 0.15) is 31.9 Å². The molecule has 1 rings (SSSR count). The Balaban J connectivity index is 0.00000576. The fraction of sp³-hybridized carbons (Fsp3) is 0.588. The number of aliphatic imine (C=N–C) groups is 1. The maximum atomic E-state index is 11.9. The molecule has 0 fully saturated rings. The highest BCUT2D eigenvalue weighted by Crippen LogP contribution is 2.03. The summed E-state index contributed by atoms with van der Waals surface area (Å²) >= 11 is 0. The molecule has 0 aliphatic heterocycles. The lowest BCUT2D eigenvalue weighted by atomic mass is 10.3. The minimum atomic E-state index is -0.0761. The standard InChI is InChI=1S/C17H29N5O2.HI/c1-4-24-13-6-5-11-19-17(18-3)20-12-10-16(23)22-15-9-7-8-14(2)21-15;/h7-9H,4-6,10-13H2,1-3H3,(H2,18,19,20)(H,21,22,23);1H. The zero-order valence-corrected chi connectivity index (χ0v) is 17.6. The maximum Gasteiger partial charge on any atom is 0.227 e. The van der Waals surface area contributed by atoms with Crippen LogP contribution in [0.2, 0.25) is 0 Å². The number of ether oxygens (including phenoxy) is 1. The van der Waals surface area contributed by atoms with E-state index in [0.29, 0.717) is 24.7 Å². The molecule has 1 heterocycles. The van der Waals surface area contributed by atoms with Crippen molar-refractivity contribution >= 4 is 41.7 Å². The van der Waals surface area contributed by atoms with Gasteiger partial charge in [-0.15, -0.1) is 24.0 Å². The van der Waals surface area contributed by atoms with E-state index in [2.05, 4.69) is 25.9 Å². The first kappa shape index (κ1) is 23.6. The number of anilines is 1. The fourth-order valence-electron chi connectivity index (χ4n) is 2.01. The number of aryl methyl sites for hydroxylation is 1. The summed E-state index contributed by atoms with van der Waals surface area (Å²) in [6.45, 7) is 6.77. The first-order valence-electron chi connectivity index (χ1n) is 8.41. The Kier molecular flexibility index (Phi) is 14.0. The monoisotopic (exact) mass is 463 g/mol. The van der Waals surface area contributed by atoms with Crippen molar-refractivity contribution in [3.63, 3.8) is 0 Å². The van der Waals surface area contributed by atoms with E-state index in [4.69, 9.17) is 4.74 Å². The van der Waals surface area contributed by atoms with Crippen LogP contribution in [0.4, 0.5) is 5.82 Å². The van der Waals surface area contributed by atoms with Gasteiger partial charge in [0.15, 0.2) is 5.96 Å². The summed E-state index contributed by atoms with van der Waals surface area (Å²) in [5, 5.41) is 9.12. The van der Waals surface area contributed by atoms with E-state index in [-0.39, 0.29) is 29.9 Å². The van der Waals surface area contributed by atoms with Crippen molar-refractivity contribution in [1.29, 1.82) is 0 Å². The Morgan fingerprint density at radius 2 is 2.00 bits per heavy atom. The van der Waals surface area contributed by atoms with Crippen molar-refractivity contribution < 1.29 is 9.53 Å². The molecule has 0 aliphatic carbocycles. The van der Waals surface area contributed by atoms with Crippen molar-refractivity contribution in [1.82, 2.24) is 15.6 Å². The molecule has 3 N–H and O–H groups in total. The van der Waals surface area contributed by atoms with Gasteiger partial charge in [0.25, 0.3) is 0 Å². The largest absolute Gasteiger partial charge is 0.382 e. The predicted molar refractivity (Wildman–Crippen MR) is 113 cm³/mol. The van der Waals surface area contributed by atoms with Crippen molar-refractivity contribution in [2.45, 2.75) is 33.1 Å². The molecule has 142 valence electrons. The van der Waals surface area contributed by atoms with Crippen LogP contribution in [0.3, 0.4) is 0 Å². The number of amides is 1. The number of rotatable bonds is 10. The molecule has 0 unspecified atom stereocenters. The van der Waals surface area contributed by atoms with Crippen molar-refractivity contribution in [3.05, 3.63) is 23.9 Å². The second-order valence-electron chi connectivity index (χ2n) is 5.29. The van der Waals surface area contributed by atoms with Gasteiger partial charge in [-0.25, -0.2) is 4.98 Å². The molecule has 8 heteroatoms. The molecule has 25 heavy (non-hydrogen) atoms. The Labute approximate surface area is 167 Å². The highest BCUT2D eigenvalue weighted by atomic mass is 127. The Hall–Kier alpha value is -1.42. The van der Waals surface area contributed by atoms with Crippen molar-refractivity contribution in [2.75, 3.05) is 38.7 Å². The molecule has 0 atom stereocenters. The third-order valence-corrected chi connectivity index (χ3v) is 3.24. The average Bonchev–Trinajstić information content (AvgIpc) is 2.56. The SMILES string of the molecule is CCOCCCCNC(=NC)NCCC(=O)Nc1cccc(C)n1.I. The van der Waals surface area contributed by atoms with E-state index in [1.807, 2.05) is 26.0 Å². The molecule has 0 spiro atoms. The first-order chi connectivity index (χ1) is 11.7. The molecule has 1 aromatic heterocycles. The van der Waals surface area contributed by atoms with Crippen molar-refractivity contribution in [2.24, 2.45) is 4.99 Å². The van der Waals surface area contributed by atoms with Gasteiger partial charge in [0.2, 0.25) is 5.91 Å². The lowest BCUT2D eigenvalue weighted by Crippen LogP contribution is -2.39. The molecule has 0 aromatic carbocycles. The van der Waals surface area contributed by atoms with Gasteiger partial charge in [0.1, 0.15) is 5.82 Å². The number of halogens is 1. The third-order valence-electron chi connectivity index (χ3n) is 3.24. The van der Waals surface area contributed by atoms with Gasteiger partial charge in [-0.2, -0.15) is 0 Å². The van der Waals surface area contributed by atoms with E-state index >= 15 is 0 Å². The highest BCUT2D eigenvalue weighted by Gasteiger charge is 2.04. The molecule has 0 aliphatic rings. The van der Waals surface area contributed by atoms with Crippen LogP contribution in [-0.2, 0) is 9.53 Å². The lowest BCUT2D eigenvalue weighted by molar-refractivity contribution is -0.116. The van der Waals surface area contributed by atoms with Gasteiger partial charge in [0.05, 0.1) is 0 Å². The molecule has 0 saturated carbocycles. The number of hydrogen-bond acceptors (Lipinski definition) is 4. The fourth-order valence-corrected chi connectivity index (χ4v) is 2.01. The minimum Gasteiger partial charge on any atom is -0.382 e. The summed E-state index contributed by atoms with van der Waals surface area (Å²) in [6, 6.07) is 5.54. The number of unbranched alkanes of at least 4 members (excludes halogenated alkanes) is 1. The number of aromatic nitrogens is 1. The zero-order valence-electron chi connectivity index (χ0n) is 15.3. The number of carbonyl (C=O) groups is 1. The van der Waals surface area contributed by atoms with Gasteiger partial charge < -0.3 is 20.7 Å². The molecular weight excluding hydrogens is 433 g/mol.